The van der Waals surface area contributed by atoms with Crippen molar-refractivity contribution >= 4 is 10.9 Å². The molecule has 2 nitrogen and oxygen atoms in total. The lowest BCUT2D eigenvalue weighted by Gasteiger charge is -2.27. The number of aromatic nitrogens is 1. The standard InChI is InChI=1S/C19H23NO/c1-4-14-12-13(2)18-16(10-11-20-18)17(14)19(21-3)15-8-6-5-7-9-15/h5-8,10-12,15,19-20H,4,9H2,1-3H3. The number of H-pyrrole nitrogens is 1. The van der Waals surface area contributed by atoms with Crippen LogP contribution in [0.1, 0.15) is 36.1 Å². The van der Waals surface area contributed by atoms with E-state index in [-0.39, 0.29) is 6.10 Å². The van der Waals surface area contributed by atoms with E-state index >= 15 is 0 Å². The van der Waals surface area contributed by atoms with Crippen LogP contribution in [0.4, 0.5) is 0 Å². The quantitative estimate of drug-likeness (QED) is 0.850. The van der Waals surface area contributed by atoms with Crippen LogP contribution in [0.5, 0.6) is 0 Å². The topological polar surface area (TPSA) is 25.0 Å². The van der Waals surface area contributed by atoms with Crippen molar-refractivity contribution in [3.63, 3.8) is 0 Å². The van der Waals surface area contributed by atoms with Gasteiger partial charge in [-0.1, -0.05) is 37.3 Å². The minimum Gasteiger partial charge on any atom is -0.376 e. The predicted molar refractivity (Wildman–Crippen MR) is 88.6 cm³/mol. The van der Waals surface area contributed by atoms with Gasteiger partial charge in [-0.05, 0) is 42.5 Å². The average Bonchev–Trinajstić information content (AvgIpc) is 3.01. The van der Waals surface area contributed by atoms with Crippen molar-refractivity contribution in [2.24, 2.45) is 5.92 Å². The molecule has 1 aliphatic rings. The molecule has 1 aliphatic carbocycles. The van der Waals surface area contributed by atoms with Gasteiger partial charge in [0, 0.05) is 30.1 Å². The van der Waals surface area contributed by atoms with Crippen molar-refractivity contribution in [1.29, 1.82) is 0 Å². The molecular weight excluding hydrogens is 258 g/mol. The average molecular weight is 281 g/mol. The first-order valence-corrected chi connectivity index (χ1v) is 7.71. The summed E-state index contributed by atoms with van der Waals surface area (Å²) in [6.07, 6.45) is 13.0. The van der Waals surface area contributed by atoms with Gasteiger partial charge in [-0.3, -0.25) is 0 Å². The smallest absolute Gasteiger partial charge is 0.0895 e. The van der Waals surface area contributed by atoms with Gasteiger partial charge in [0.05, 0.1) is 6.10 Å². The van der Waals surface area contributed by atoms with Crippen molar-refractivity contribution in [3.8, 4) is 0 Å². The Morgan fingerprint density at radius 3 is 2.90 bits per heavy atom. The molecule has 0 saturated carbocycles. The minimum absolute atomic E-state index is 0.111. The summed E-state index contributed by atoms with van der Waals surface area (Å²) >= 11 is 0. The highest BCUT2D eigenvalue weighted by atomic mass is 16.5. The molecule has 2 aromatic rings. The number of aryl methyl sites for hydroxylation is 2. The Morgan fingerprint density at radius 2 is 2.24 bits per heavy atom. The number of ether oxygens (including phenoxy) is 1. The number of rotatable bonds is 4. The number of fused-ring (bicyclic) bond motifs is 1. The van der Waals surface area contributed by atoms with Gasteiger partial charge >= 0.3 is 0 Å². The molecule has 0 spiro atoms. The Bertz CT molecular complexity index is 693. The van der Waals surface area contributed by atoms with Gasteiger partial charge in [-0.2, -0.15) is 0 Å². The Balaban J connectivity index is 2.16. The largest absolute Gasteiger partial charge is 0.376 e. The zero-order chi connectivity index (χ0) is 14.8. The highest BCUT2D eigenvalue weighted by Crippen LogP contribution is 2.38. The molecule has 2 heteroatoms. The van der Waals surface area contributed by atoms with E-state index in [1.54, 1.807) is 0 Å². The lowest BCUT2D eigenvalue weighted by molar-refractivity contribution is 0.0692. The van der Waals surface area contributed by atoms with Crippen LogP contribution >= 0.6 is 0 Å². The van der Waals surface area contributed by atoms with Gasteiger partial charge in [0.2, 0.25) is 0 Å². The summed E-state index contributed by atoms with van der Waals surface area (Å²) in [7, 11) is 1.83. The molecule has 21 heavy (non-hydrogen) atoms. The molecule has 1 N–H and O–H groups in total. The van der Waals surface area contributed by atoms with E-state index in [2.05, 4.69) is 55.3 Å². The molecule has 3 rings (SSSR count). The summed E-state index contributed by atoms with van der Waals surface area (Å²) in [5.41, 5.74) is 5.30. The van der Waals surface area contributed by atoms with Crippen molar-refractivity contribution in [1.82, 2.24) is 4.98 Å². The number of hydrogen-bond donors (Lipinski definition) is 1. The molecule has 1 aromatic carbocycles. The number of allylic oxidation sites excluding steroid dienone is 3. The second-order valence-electron chi connectivity index (χ2n) is 5.76. The highest BCUT2D eigenvalue weighted by Gasteiger charge is 2.25. The number of nitrogens with one attached hydrogen (secondary N) is 1. The zero-order valence-corrected chi connectivity index (χ0v) is 13.0. The van der Waals surface area contributed by atoms with Crippen LogP contribution in [0.15, 0.2) is 42.6 Å². The number of hydrogen-bond acceptors (Lipinski definition) is 1. The molecule has 0 bridgehead atoms. The van der Waals surface area contributed by atoms with E-state index in [4.69, 9.17) is 4.74 Å². The molecule has 110 valence electrons. The van der Waals surface area contributed by atoms with Crippen LogP contribution in [0.2, 0.25) is 0 Å². The maximum atomic E-state index is 5.94. The fourth-order valence-corrected chi connectivity index (χ4v) is 3.46. The van der Waals surface area contributed by atoms with Crippen molar-refractivity contribution < 1.29 is 4.74 Å². The predicted octanol–water partition coefficient (Wildman–Crippen LogP) is 4.86. The molecule has 2 unspecified atom stereocenters. The van der Waals surface area contributed by atoms with Crippen molar-refractivity contribution in [3.05, 3.63) is 59.3 Å². The van der Waals surface area contributed by atoms with Gasteiger partial charge in [0.25, 0.3) is 0 Å². The lowest BCUT2D eigenvalue weighted by Crippen LogP contribution is -2.16. The minimum atomic E-state index is 0.111. The first kappa shape index (κ1) is 14.2. The third kappa shape index (κ3) is 2.44. The zero-order valence-electron chi connectivity index (χ0n) is 13.0. The molecule has 0 aliphatic heterocycles. The maximum Gasteiger partial charge on any atom is 0.0895 e. The SMILES string of the molecule is CCc1cc(C)c2[nH]ccc2c1C(OC)C1C=CC=CC1. The van der Waals surface area contributed by atoms with E-state index in [1.807, 2.05) is 13.3 Å². The maximum absolute atomic E-state index is 5.94. The molecule has 1 aromatic heterocycles. The van der Waals surface area contributed by atoms with Crippen LogP contribution in [-0.4, -0.2) is 12.1 Å². The molecule has 1 heterocycles. The summed E-state index contributed by atoms with van der Waals surface area (Å²) in [6, 6.07) is 4.49. The summed E-state index contributed by atoms with van der Waals surface area (Å²) in [4.78, 5) is 3.37. The Kier molecular flexibility index (Phi) is 3.98. The van der Waals surface area contributed by atoms with E-state index in [0.29, 0.717) is 5.92 Å². The molecule has 2 atom stereocenters. The van der Waals surface area contributed by atoms with Crippen molar-refractivity contribution in [2.75, 3.05) is 7.11 Å². The van der Waals surface area contributed by atoms with Crippen LogP contribution in [0, 0.1) is 12.8 Å². The molecule has 0 amide bonds. The number of benzene rings is 1. The van der Waals surface area contributed by atoms with Gasteiger partial charge in [-0.25, -0.2) is 0 Å². The Morgan fingerprint density at radius 1 is 1.38 bits per heavy atom. The summed E-state index contributed by atoms with van der Waals surface area (Å²) in [5, 5.41) is 1.31. The fraction of sp³-hybridized carbons (Fsp3) is 0.368. The Labute approximate surface area is 126 Å². The summed E-state index contributed by atoms with van der Waals surface area (Å²) in [6.45, 7) is 4.40. The fourth-order valence-electron chi connectivity index (χ4n) is 3.46. The molecule has 0 saturated heterocycles. The van der Waals surface area contributed by atoms with Crippen molar-refractivity contribution in [2.45, 2.75) is 32.8 Å². The third-order valence-corrected chi connectivity index (χ3v) is 4.49. The lowest BCUT2D eigenvalue weighted by atomic mass is 9.85. The number of methoxy groups -OCH3 is 1. The van der Waals surface area contributed by atoms with Gasteiger partial charge in [-0.15, -0.1) is 0 Å². The molecular formula is C19H23NO. The van der Waals surface area contributed by atoms with Crippen LogP contribution in [0.3, 0.4) is 0 Å². The van der Waals surface area contributed by atoms with E-state index < -0.39 is 0 Å². The second-order valence-corrected chi connectivity index (χ2v) is 5.76. The van der Waals surface area contributed by atoms with Crippen LogP contribution < -0.4 is 0 Å². The summed E-state index contributed by atoms with van der Waals surface area (Å²) < 4.78 is 5.94. The van der Waals surface area contributed by atoms with Gasteiger partial charge in [0.15, 0.2) is 0 Å². The first-order chi connectivity index (χ1) is 10.3. The molecule has 0 radical (unpaired) electrons. The normalized spacial score (nSPS) is 19.3. The van der Waals surface area contributed by atoms with E-state index in [1.165, 1.54) is 27.6 Å². The Hall–Kier alpha value is -1.80. The first-order valence-electron chi connectivity index (χ1n) is 7.71. The monoisotopic (exact) mass is 281 g/mol. The van der Waals surface area contributed by atoms with E-state index in [0.717, 1.165) is 12.8 Å². The van der Waals surface area contributed by atoms with E-state index in [9.17, 15) is 0 Å². The van der Waals surface area contributed by atoms with Gasteiger partial charge in [0.1, 0.15) is 0 Å². The molecule has 0 fully saturated rings. The third-order valence-electron chi connectivity index (χ3n) is 4.49. The second kappa shape index (κ2) is 5.90. The van der Waals surface area contributed by atoms with Crippen LogP contribution in [-0.2, 0) is 11.2 Å². The van der Waals surface area contributed by atoms with Crippen LogP contribution in [0.25, 0.3) is 10.9 Å². The van der Waals surface area contributed by atoms with Gasteiger partial charge < -0.3 is 9.72 Å². The highest BCUT2D eigenvalue weighted by molar-refractivity contribution is 5.87. The summed E-state index contributed by atoms with van der Waals surface area (Å²) in [5.74, 6) is 0.408. The number of aromatic amines is 1.